The summed E-state index contributed by atoms with van der Waals surface area (Å²) in [5, 5.41) is 13.4. The summed E-state index contributed by atoms with van der Waals surface area (Å²) in [6, 6.07) is 4.87. The van der Waals surface area contributed by atoms with Gasteiger partial charge in [-0.1, -0.05) is 37.0 Å². The first-order valence-electron chi connectivity index (χ1n) is 5.97. The summed E-state index contributed by atoms with van der Waals surface area (Å²) in [7, 11) is 0. The molecule has 0 aromatic heterocycles. The number of aliphatic carboxylic acids is 1. The lowest BCUT2D eigenvalue weighted by atomic mass is 10.2. The zero-order valence-electron chi connectivity index (χ0n) is 10.8. The third-order valence-electron chi connectivity index (χ3n) is 2.39. The van der Waals surface area contributed by atoms with Crippen LogP contribution in [0, 0.1) is 0 Å². The Balaban J connectivity index is 2.52. The third-order valence-corrected chi connectivity index (χ3v) is 4.16. The van der Waals surface area contributed by atoms with Gasteiger partial charge < -0.3 is 10.4 Å². The number of carboxylic acid groups (broad SMARTS) is 1. The van der Waals surface area contributed by atoms with Crippen molar-refractivity contribution in [1.82, 2.24) is 5.32 Å². The predicted molar refractivity (Wildman–Crippen MR) is 81.5 cm³/mol. The molecule has 0 fully saturated rings. The topological polar surface area (TPSA) is 49.3 Å². The number of nitrogens with one attached hydrogen (secondary N) is 1. The molecular weight excluding hydrogens is 305 g/mol. The van der Waals surface area contributed by atoms with Gasteiger partial charge in [0.15, 0.2) is 0 Å². The minimum atomic E-state index is -0.827. The molecule has 0 aliphatic rings. The quantitative estimate of drug-likeness (QED) is 0.747. The van der Waals surface area contributed by atoms with Crippen molar-refractivity contribution < 1.29 is 9.90 Å². The lowest BCUT2D eigenvalue weighted by Crippen LogP contribution is -2.41. The van der Waals surface area contributed by atoms with Crippen molar-refractivity contribution in [2.75, 3.05) is 5.75 Å². The molecular formula is C13H17Cl2NO2S. The first kappa shape index (κ1) is 16.6. The van der Waals surface area contributed by atoms with Crippen molar-refractivity contribution in [2.45, 2.75) is 37.2 Å². The van der Waals surface area contributed by atoms with E-state index in [0.717, 1.165) is 4.90 Å². The van der Waals surface area contributed by atoms with Gasteiger partial charge in [-0.05, 0) is 24.6 Å². The standard InChI is InChI=1S/C13H17Cl2NO2S/c1-8(2)16-11(13(17)18)5-6-19-12-7-9(14)3-4-10(12)15/h3-4,7-8,11,16H,5-6H2,1-2H3,(H,17,18). The van der Waals surface area contributed by atoms with Crippen LogP contribution >= 0.6 is 35.0 Å². The molecule has 0 amide bonds. The van der Waals surface area contributed by atoms with Crippen molar-refractivity contribution in [3.8, 4) is 0 Å². The van der Waals surface area contributed by atoms with E-state index in [1.54, 1.807) is 18.2 Å². The molecule has 1 unspecified atom stereocenters. The third kappa shape index (κ3) is 6.04. The summed E-state index contributed by atoms with van der Waals surface area (Å²) in [6.07, 6.45) is 0.529. The highest BCUT2D eigenvalue weighted by Gasteiger charge is 2.17. The van der Waals surface area contributed by atoms with E-state index in [9.17, 15) is 4.79 Å². The van der Waals surface area contributed by atoms with Crippen molar-refractivity contribution in [3.63, 3.8) is 0 Å². The Bertz CT molecular complexity index is 441. The van der Waals surface area contributed by atoms with Crippen LogP contribution in [0.1, 0.15) is 20.3 Å². The fourth-order valence-corrected chi connectivity index (χ4v) is 3.06. The van der Waals surface area contributed by atoms with Gasteiger partial charge in [0.05, 0.1) is 5.02 Å². The molecule has 1 aromatic rings. The van der Waals surface area contributed by atoms with Crippen LogP contribution in [-0.4, -0.2) is 28.9 Å². The molecule has 1 rings (SSSR count). The second-order valence-electron chi connectivity index (χ2n) is 4.42. The van der Waals surface area contributed by atoms with Crippen LogP contribution < -0.4 is 5.32 Å². The molecule has 106 valence electrons. The van der Waals surface area contributed by atoms with E-state index in [0.29, 0.717) is 22.2 Å². The molecule has 0 radical (unpaired) electrons. The Morgan fingerprint density at radius 1 is 1.42 bits per heavy atom. The van der Waals surface area contributed by atoms with Crippen molar-refractivity contribution in [2.24, 2.45) is 0 Å². The van der Waals surface area contributed by atoms with Gasteiger partial charge in [0, 0.05) is 21.7 Å². The minimum Gasteiger partial charge on any atom is -0.480 e. The van der Waals surface area contributed by atoms with E-state index in [-0.39, 0.29) is 6.04 Å². The van der Waals surface area contributed by atoms with Crippen LogP contribution in [0.25, 0.3) is 0 Å². The zero-order chi connectivity index (χ0) is 14.4. The number of carbonyl (C=O) groups is 1. The summed E-state index contributed by atoms with van der Waals surface area (Å²) in [6.45, 7) is 3.85. The second-order valence-corrected chi connectivity index (χ2v) is 6.40. The first-order chi connectivity index (χ1) is 8.90. The predicted octanol–water partition coefficient (Wildman–Crippen LogP) is 3.93. The highest BCUT2D eigenvalue weighted by molar-refractivity contribution is 7.99. The van der Waals surface area contributed by atoms with E-state index < -0.39 is 12.0 Å². The van der Waals surface area contributed by atoms with Gasteiger partial charge in [-0.2, -0.15) is 0 Å². The van der Waals surface area contributed by atoms with E-state index in [1.165, 1.54) is 11.8 Å². The molecule has 3 nitrogen and oxygen atoms in total. The Labute approximate surface area is 127 Å². The van der Waals surface area contributed by atoms with Crippen LogP contribution in [0.5, 0.6) is 0 Å². The van der Waals surface area contributed by atoms with E-state index in [1.807, 2.05) is 13.8 Å². The average molecular weight is 322 g/mol. The molecule has 0 saturated carbocycles. The SMILES string of the molecule is CC(C)NC(CCSc1cc(Cl)ccc1Cl)C(=O)O. The van der Waals surface area contributed by atoms with Gasteiger partial charge in [0.2, 0.25) is 0 Å². The van der Waals surface area contributed by atoms with Crippen molar-refractivity contribution in [3.05, 3.63) is 28.2 Å². The smallest absolute Gasteiger partial charge is 0.320 e. The summed E-state index contributed by atoms with van der Waals surface area (Å²) in [5.74, 6) is -0.164. The molecule has 0 spiro atoms. The number of benzene rings is 1. The summed E-state index contributed by atoms with van der Waals surface area (Å²) < 4.78 is 0. The molecule has 0 heterocycles. The van der Waals surface area contributed by atoms with Gasteiger partial charge in [-0.15, -0.1) is 11.8 Å². The molecule has 1 atom stereocenters. The summed E-state index contributed by atoms with van der Waals surface area (Å²) >= 11 is 13.5. The van der Waals surface area contributed by atoms with E-state index in [4.69, 9.17) is 28.3 Å². The van der Waals surface area contributed by atoms with Gasteiger partial charge in [-0.25, -0.2) is 0 Å². The lowest BCUT2D eigenvalue weighted by molar-refractivity contribution is -0.139. The number of carboxylic acids is 1. The normalized spacial score (nSPS) is 12.7. The fraction of sp³-hybridized carbons (Fsp3) is 0.462. The second kappa shape index (κ2) is 8.00. The van der Waals surface area contributed by atoms with Crippen molar-refractivity contribution in [1.29, 1.82) is 0 Å². The number of hydrogen-bond donors (Lipinski definition) is 2. The molecule has 6 heteroatoms. The molecule has 0 saturated heterocycles. The van der Waals surface area contributed by atoms with Gasteiger partial charge in [-0.3, -0.25) is 4.79 Å². The highest BCUT2D eigenvalue weighted by Crippen LogP contribution is 2.30. The lowest BCUT2D eigenvalue weighted by Gasteiger charge is -2.17. The van der Waals surface area contributed by atoms with Crippen LogP contribution in [-0.2, 0) is 4.79 Å². The molecule has 0 bridgehead atoms. The maximum atomic E-state index is 11.1. The van der Waals surface area contributed by atoms with Crippen LogP contribution in [0.3, 0.4) is 0 Å². The zero-order valence-corrected chi connectivity index (χ0v) is 13.1. The fourth-order valence-electron chi connectivity index (χ4n) is 1.56. The van der Waals surface area contributed by atoms with Crippen LogP contribution in [0.15, 0.2) is 23.1 Å². The average Bonchev–Trinajstić information content (AvgIpc) is 2.31. The number of halogens is 2. The number of hydrogen-bond acceptors (Lipinski definition) is 3. The Morgan fingerprint density at radius 3 is 2.68 bits per heavy atom. The Morgan fingerprint density at radius 2 is 2.11 bits per heavy atom. The van der Waals surface area contributed by atoms with Crippen molar-refractivity contribution >= 4 is 40.9 Å². The number of thioether (sulfide) groups is 1. The van der Waals surface area contributed by atoms with Gasteiger partial charge >= 0.3 is 5.97 Å². The molecule has 2 N–H and O–H groups in total. The highest BCUT2D eigenvalue weighted by atomic mass is 35.5. The maximum absolute atomic E-state index is 11.1. The summed E-state index contributed by atoms with van der Waals surface area (Å²) in [5.41, 5.74) is 0. The van der Waals surface area contributed by atoms with E-state index in [2.05, 4.69) is 5.32 Å². The Hall–Kier alpha value is -0.420. The monoisotopic (exact) mass is 321 g/mol. The van der Waals surface area contributed by atoms with Crippen LogP contribution in [0.4, 0.5) is 0 Å². The summed E-state index contributed by atoms with van der Waals surface area (Å²) in [4.78, 5) is 12.0. The molecule has 0 aliphatic carbocycles. The van der Waals surface area contributed by atoms with E-state index >= 15 is 0 Å². The maximum Gasteiger partial charge on any atom is 0.320 e. The molecule has 0 aliphatic heterocycles. The van der Waals surface area contributed by atoms with Crippen LogP contribution in [0.2, 0.25) is 10.0 Å². The largest absolute Gasteiger partial charge is 0.480 e. The first-order valence-corrected chi connectivity index (χ1v) is 7.71. The van der Waals surface area contributed by atoms with Gasteiger partial charge in [0.25, 0.3) is 0 Å². The van der Waals surface area contributed by atoms with Gasteiger partial charge in [0.1, 0.15) is 6.04 Å². The Kier molecular flexibility index (Phi) is 7.00. The number of rotatable bonds is 7. The minimum absolute atomic E-state index is 0.140. The molecule has 19 heavy (non-hydrogen) atoms. The molecule has 1 aromatic carbocycles.